The Morgan fingerprint density at radius 3 is 2.50 bits per heavy atom. The topological polar surface area (TPSA) is 72.5 Å². The maximum atomic E-state index is 13.1. The van der Waals surface area contributed by atoms with E-state index in [4.69, 9.17) is 4.74 Å². The number of halogens is 1. The number of amides is 1. The van der Waals surface area contributed by atoms with Gasteiger partial charge < -0.3 is 10.1 Å². The molecule has 0 atom stereocenters. The largest absolute Gasteiger partial charge is 0.456 e. The van der Waals surface area contributed by atoms with Crippen LogP contribution in [0.2, 0.25) is 0 Å². The Morgan fingerprint density at radius 2 is 1.68 bits per heavy atom. The molecule has 0 aliphatic rings. The predicted octanol–water partition coefficient (Wildman–Crippen LogP) is 3.06. The number of carbonyl (C=O) groups excluding carboxylic acids is 3. The van der Waals surface area contributed by atoms with Crippen LogP contribution < -0.4 is 5.32 Å². The third kappa shape index (κ3) is 5.01. The number of rotatable bonds is 7. The van der Waals surface area contributed by atoms with Crippen LogP contribution in [0.4, 0.5) is 4.39 Å². The molecule has 0 aliphatic carbocycles. The number of esters is 1. The van der Waals surface area contributed by atoms with E-state index in [1.54, 1.807) is 0 Å². The van der Waals surface area contributed by atoms with Crippen molar-refractivity contribution in [3.05, 3.63) is 83.7 Å². The van der Waals surface area contributed by atoms with Crippen molar-refractivity contribution < 1.29 is 23.5 Å². The molecule has 28 heavy (non-hydrogen) atoms. The minimum absolute atomic E-state index is 0.118. The molecule has 0 heterocycles. The van der Waals surface area contributed by atoms with E-state index in [-0.39, 0.29) is 24.4 Å². The normalized spacial score (nSPS) is 10.5. The highest BCUT2D eigenvalue weighted by molar-refractivity contribution is 5.98. The summed E-state index contributed by atoms with van der Waals surface area (Å²) in [4.78, 5) is 35.8. The van der Waals surface area contributed by atoms with Crippen molar-refractivity contribution in [1.29, 1.82) is 0 Å². The molecule has 0 aliphatic heterocycles. The number of fused-ring (bicyclic) bond motifs is 1. The van der Waals surface area contributed by atoms with E-state index in [1.165, 1.54) is 18.2 Å². The summed E-state index contributed by atoms with van der Waals surface area (Å²) in [7, 11) is 0. The lowest BCUT2D eigenvalue weighted by molar-refractivity contribution is -0.142. The fourth-order valence-electron chi connectivity index (χ4n) is 2.80. The van der Waals surface area contributed by atoms with E-state index >= 15 is 0 Å². The standard InChI is InChI=1S/C22H18FNO4/c23-18-9-4-8-17(11-18)20(25)14-28-22(27)13-24-21(26)12-16-7-3-6-15-5-1-2-10-19(15)16/h1-11H,12-14H2,(H,24,26). The van der Waals surface area contributed by atoms with Gasteiger partial charge in [-0.25, -0.2) is 4.39 Å². The number of ketones is 1. The molecule has 5 nitrogen and oxygen atoms in total. The van der Waals surface area contributed by atoms with Gasteiger partial charge in [-0.2, -0.15) is 0 Å². The summed E-state index contributed by atoms with van der Waals surface area (Å²) in [5, 5.41) is 4.49. The van der Waals surface area contributed by atoms with Gasteiger partial charge in [0.2, 0.25) is 5.91 Å². The average Bonchev–Trinajstić information content (AvgIpc) is 2.71. The minimum Gasteiger partial charge on any atom is -0.456 e. The molecule has 0 saturated heterocycles. The van der Waals surface area contributed by atoms with Crippen LogP contribution >= 0.6 is 0 Å². The zero-order valence-corrected chi connectivity index (χ0v) is 15.0. The summed E-state index contributed by atoms with van der Waals surface area (Å²) >= 11 is 0. The van der Waals surface area contributed by atoms with Crippen LogP contribution in [0.5, 0.6) is 0 Å². The van der Waals surface area contributed by atoms with Crippen molar-refractivity contribution in [2.75, 3.05) is 13.2 Å². The molecule has 0 saturated carbocycles. The van der Waals surface area contributed by atoms with Crippen molar-refractivity contribution in [3.8, 4) is 0 Å². The fraction of sp³-hybridized carbons (Fsp3) is 0.136. The van der Waals surface area contributed by atoms with E-state index < -0.39 is 24.2 Å². The van der Waals surface area contributed by atoms with Gasteiger partial charge in [-0.15, -0.1) is 0 Å². The molecule has 6 heteroatoms. The van der Waals surface area contributed by atoms with Gasteiger partial charge in [0, 0.05) is 5.56 Å². The van der Waals surface area contributed by atoms with E-state index in [0.29, 0.717) is 0 Å². The maximum Gasteiger partial charge on any atom is 0.325 e. The van der Waals surface area contributed by atoms with Gasteiger partial charge in [-0.3, -0.25) is 14.4 Å². The summed E-state index contributed by atoms with van der Waals surface area (Å²) in [5.41, 5.74) is 0.970. The first-order chi connectivity index (χ1) is 13.5. The van der Waals surface area contributed by atoms with E-state index in [2.05, 4.69) is 5.32 Å². The predicted molar refractivity (Wildman–Crippen MR) is 102 cm³/mol. The Balaban J connectivity index is 1.47. The molecule has 142 valence electrons. The summed E-state index contributed by atoms with van der Waals surface area (Å²) in [6.45, 7) is -0.860. The third-order valence-electron chi connectivity index (χ3n) is 4.17. The molecule has 3 rings (SSSR count). The lowest BCUT2D eigenvalue weighted by Gasteiger charge is -2.08. The van der Waals surface area contributed by atoms with Gasteiger partial charge in [0.25, 0.3) is 0 Å². The van der Waals surface area contributed by atoms with Gasteiger partial charge in [-0.05, 0) is 28.5 Å². The molecule has 0 aromatic heterocycles. The summed E-state index contributed by atoms with van der Waals surface area (Å²) in [6.07, 6.45) is 0.122. The second kappa shape index (κ2) is 8.90. The Hall–Kier alpha value is -3.54. The van der Waals surface area contributed by atoms with Crippen LogP contribution in [-0.4, -0.2) is 30.8 Å². The molecular formula is C22H18FNO4. The number of carbonyl (C=O) groups is 3. The Kier molecular flexibility index (Phi) is 6.11. The Morgan fingerprint density at radius 1 is 0.929 bits per heavy atom. The van der Waals surface area contributed by atoms with Crippen LogP contribution in [0.15, 0.2) is 66.7 Å². The quantitative estimate of drug-likeness (QED) is 0.506. The lowest BCUT2D eigenvalue weighted by atomic mass is 10.0. The first-order valence-electron chi connectivity index (χ1n) is 8.70. The van der Waals surface area contributed by atoms with Crippen LogP contribution in [0.3, 0.4) is 0 Å². The number of benzene rings is 3. The van der Waals surface area contributed by atoms with Crippen molar-refractivity contribution in [3.63, 3.8) is 0 Å². The number of ether oxygens (including phenoxy) is 1. The molecule has 0 spiro atoms. The second-order valence-electron chi connectivity index (χ2n) is 6.19. The van der Waals surface area contributed by atoms with Crippen molar-refractivity contribution in [2.45, 2.75) is 6.42 Å². The first-order valence-corrected chi connectivity index (χ1v) is 8.70. The van der Waals surface area contributed by atoms with Crippen LogP contribution in [0.1, 0.15) is 15.9 Å². The SMILES string of the molecule is O=C(Cc1cccc2ccccc12)NCC(=O)OCC(=O)c1cccc(F)c1. The summed E-state index contributed by atoms with van der Waals surface area (Å²) in [6, 6.07) is 18.5. The molecule has 3 aromatic carbocycles. The highest BCUT2D eigenvalue weighted by Gasteiger charge is 2.12. The van der Waals surface area contributed by atoms with Gasteiger partial charge >= 0.3 is 5.97 Å². The monoisotopic (exact) mass is 379 g/mol. The molecule has 0 radical (unpaired) electrons. The molecule has 0 bridgehead atoms. The van der Waals surface area contributed by atoms with Crippen molar-refractivity contribution >= 4 is 28.4 Å². The minimum atomic E-state index is -0.740. The highest BCUT2D eigenvalue weighted by Crippen LogP contribution is 2.18. The van der Waals surface area contributed by atoms with Gasteiger partial charge in [0.05, 0.1) is 6.42 Å². The highest BCUT2D eigenvalue weighted by atomic mass is 19.1. The van der Waals surface area contributed by atoms with E-state index in [1.807, 2.05) is 42.5 Å². The lowest BCUT2D eigenvalue weighted by Crippen LogP contribution is -2.32. The molecule has 1 amide bonds. The molecule has 3 aromatic rings. The van der Waals surface area contributed by atoms with Crippen LogP contribution in [0.25, 0.3) is 10.8 Å². The molecule has 0 unspecified atom stereocenters. The average molecular weight is 379 g/mol. The number of nitrogens with one attached hydrogen (secondary N) is 1. The third-order valence-corrected chi connectivity index (χ3v) is 4.17. The van der Waals surface area contributed by atoms with Crippen LogP contribution in [-0.2, 0) is 20.7 Å². The number of hydrogen-bond donors (Lipinski definition) is 1. The molecule has 1 N–H and O–H groups in total. The van der Waals surface area contributed by atoms with Gasteiger partial charge in [-0.1, -0.05) is 54.6 Å². The number of hydrogen-bond acceptors (Lipinski definition) is 4. The summed E-state index contributed by atoms with van der Waals surface area (Å²) < 4.78 is 17.9. The Bertz CT molecular complexity index is 1030. The number of Topliss-reactive ketones (excluding diaryl/α,β-unsaturated/α-hetero) is 1. The molecule has 0 fully saturated rings. The van der Waals surface area contributed by atoms with Gasteiger partial charge in [0.1, 0.15) is 12.4 Å². The Labute approximate surface area is 161 Å². The van der Waals surface area contributed by atoms with Crippen LogP contribution in [0, 0.1) is 5.82 Å². The summed E-state index contributed by atoms with van der Waals surface area (Å²) in [5.74, 6) is -2.13. The zero-order chi connectivity index (χ0) is 19.9. The van der Waals surface area contributed by atoms with E-state index in [0.717, 1.165) is 22.4 Å². The smallest absolute Gasteiger partial charge is 0.325 e. The van der Waals surface area contributed by atoms with Crippen molar-refractivity contribution in [2.24, 2.45) is 0 Å². The van der Waals surface area contributed by atoms with Gasteiger partial charge in [0.15, 0.2) is 12.4 Å². The first kappa shape index (κ1) is 19.2. The molecular weight excluding hydrogens is 361 g/mol. The fourth-order valence-corrected chi connectivity index (χ4v) is 2.80. The van der Waals surface area contributed by atoms with E-state index in [9.17, 15) is 18.8 Å². The maximum absolute atomic E-state index is 13.1. The van der Waals surface area contributed by atoms with Crippen molar-refractivity contribution in [1.82, 2.24) is 5.32 Å². The zero-order valence-electron chi connectivity index (χ0n) is 15.0. The second-order valence-corrected chi connectivity index (χ2v) is 6.19.